The Morgan fingerprint density at radius 3 is 2.13 bits per heavy atom. The number of amidine groups is 1. The number of halogens is 9. The molecule has 1 aromatic heterocycles. The zero-order valence-corrected chi connectivity index (χ0v) is 24.5. The average Bonchev–Trinajstić information content (AvgIpc) is 2.99. The van der Waals surface area contributed by atoms with Crippen LogP contribution in [0.5, 0.6) is 0 Å². The van der Waals surface area contributed by atoms with Gasteiger partial charge in [-0.1, -0.05) is 6.92 Å². The monoisotopic (exact) mass is 678 g/mol. The molecule has 1 aliphatic heterocycles. The van der Waals surface area contributed by atoms with Crippen molar-refractivity contribution in [3.05, 3.63) is 81.7 Å². The van der Waals surface area contributed by atoms with Crippen molar-refractivity contribution in [3.63, 3.8) is 0 Å². The molecule has 254 valence electrons. The second kappa shape index (κ2) is 13.2. The van der Waals surface area contributed by atoms with Gasteiger partial charge in [-0.25, -0.2) is 14.8 Å². The Hall–Kier alpha value is -4.61. The first-order valence-corrected chi connectivity index (χ1v) is 13.9. The van der Waals surface area contributed by atoms with E-state index in [1.54, 1.807) is 13.8 Å². The van der Waals surface area contributed by atoms with Crippen LogP contribution < -0.4 is 15.7 Å². The van der Waals surface area contributed by atoms with Gasteiger partial charge < -0.3 is 10.1 Å². The number of alkyl halides is 9. The SMILES string of the molecule is CCOC(=O)N1c2ccc(C(F)(F)F)cc2[C@@H](Nc2ncc(C(=N)NO)c(Cc3cc(C(F)(F)F)cc(C(F)(F)F)c3)n2)C[C@H]1CC. The zero-order valence-electron chi connectivity index (χ0n) is 24.5. The topological polar surface area (TPSA) is 123 Å². The zero-order chi connectivity index (χ0) is 34.9. The maximum atomic E-state index is 13.7. The van der Waals surface area contributed by atoms with Crippen molar-refractivity contribution in [2.24, 2.45) is 0 Å². The molecule has 2 aromatic carbocycles. The van der Waals surface area contributed by atoms with Gasteiger partial charge in [-0.15, -0.1) is 0 Å². The van der Waals surface area contributed by atoms with Crippen molar-refractivity contribution in [1.29, 1.82) is 5.41 Å². The summed E-state index contributed by atoms with van der Waals surface area (Å²) in [5.41, 5.74) is -3.60. The van der Waals surface area contributed by atoms with Gasteiger partial charge in [0.05, 0.1) is 46.3 Å². The lowest BCUT2D eigenvalue weighted by atomic mass is 9.89. The molecule has 4 rings (SSSR count). The molecule has 0 radical (unpaired) electrons. The van der Waals surface area contributed by atoms with Crippen LogP contribution in [0.25, 0.3) is 0 Å². The molecule has 1 aliphatic rings. The van der Waals surface area contributed by atoms with E-state index in [-0.39, 0.29) is 47.6 Å². The Kier molecular flexibility index (Phi) is 9.94. The molecule has 0 bridgehead atoms. The molecule has 47 heavy (non-hydrogen) atoms. The quantitative estimate of drug-likeness (QED) is 0.0873. The van der Waals surface area contributed by atoms with Crippen molar-refractivity contribution in [1.82, 2.24) is 15.4 Å². The van der Waals surface area contributed by atoms with E-state index in [2.05, 4.69) is 15.3 Å². The van der Waals surface area contributed by atoms with Gasteiger partial charge in [0.15, 0.2) is 5.84 Å². The number of benzene rings is 2. The first kappa shape index (κ1) is 35.2. The lowest BCUT2D eigenvalue weighted by molar-refractivity contribution is -0.143. The minimum atomic E-state index is -5.13. The molecule has 0 aliphatic carbocycles. The summed E-state index contributed by atoms with van der Waals surface area (Å²) in [5, 5.41) is 20.1. The Morgan fingerprint density at radius 2 is 1.60 bits per heavy atom. The van der Waals surface area contributed by atoms with E-state index >= 15 is 0 Å². The number of anilines is 2. The predicted molar refractivity (Wildman–Crippen MR) is 149 cm³/mol. The normalized spacial score (nSPS) is 16.8. The molecule has 1 amide bonds. The fourth-order valence-electron chi connectivity index (χ4n) is 5.22. The molecule has 2 atom stereocenters. The summed E-state index contributed by atoms with van der Waals surface area (Å²) < 4.78 is 127. The maximum absolute atomic E-state index is 13.7. The highest BCUT2D eigenvalue weighted by molar-refractivity contribution is 5.96. The minimum Gasteiger partial charge on any atom is -0.449 e. The number of carbonyl (C=O) groups is 1. The number of aromatic nitrogens is 2. The van der Waals surface area contributed by atoms with Crippen LogP contribution in [0.15, 0.2) is 42.6 Å². The average molecular weight is 679 g/mol. The smallest absolute Gasteiger partial charge is 0.416 e. The Labute approximate surface area is 261 Å². The lowest BCUT2D eigenvalue weighted by Gasteiger charge is -2.40. The van der Waals surface area contributed by atoms with E-state index in [1.165, 1.54) is 10.4 Å². The van der Waals surface area contributed by atoms with E-state index in [4.69, 9.17) is 10.1 Å². The summed E-state index contributed by atoms with van der Waals surface area (Å²) >= 11 is 0. The van der Waals surface area contributed by atoms with Gasteiger partial charge in [-0.3, -0.25) is 21.0 Å². The van der Waals surface area contributed by atoms with Crippen molar-refractivity contribution < 1.29 is 54.3 Å². The largest absolute Gasteiger partial charge is 0.449 e. The Bertz CT molecular complexity index is 1610. The summed E-state index contributed by atoms with van der Waals surface area (Å²) in [6.45, 7) is 3.30. The number of ether oxygens (including phenoxy) is 1. The number of nitrogens with one attached hydrogen (secondary N) is 3. The molecule has 0 saturated heterocycles. The minimum absolute atomic E-state index is 0.000421. The second-order valence-corrected chi connectivity index (χ2v) is 10.5. The number of hydroxylamine groups is 1. The summed E-state index contributed by atoms with van der Waals surface area (Å²) in [5.74, 6) is -1.03. The number of fused-ring (bicyclic) bond motifs is 1. The van der Waals surface area contributed by atoms with Gasteiger partial charge in [0, 0.05) is 18.7 Å². The summed E-state index contributed by atoms with van der Waals surface area (Å²) in [4.78, 5) is 22.3. The molecule has 3 aromatic rings. The van der Waals surface area contributed by atoms with Crippen molar-refractivity contribution >= 4 is 23.6 Å². The van der Waals surface area contributed by atoms with E-state index in [0.717, 1.165) is 24.4 Å². The van der Waals surface area contributed by atoms with Crippen molar-refractivity contribution in [2.45, 2.75) is 63.7 Å². The molecule has 0 unspecified atom stereocenters. The fraction of sp³-hybridized carbons (Fsp3) is 0.379. The van der Waals surface area contributed by atoms with Crippen LogP contribution >= 0.6 is 0 Å². The van der Waals surface area contributed by atoms with Crippen LogP contribution in [0.1, 0.15) is 71.8 Å². The van der Waals surface area contributed by atoms with Gasteiger partial charge in [-0.05, 0) is 67.3 Å². The van der Waals surface area contributed by atoms with Gasteiger partial charge >= 0.3 is 24.6 Å². The highest BCUT2D eigenvalue weighted by Gasteiger charge is 2.40. The van der Waals surface area contributed by atoms with E-state index in [1.807, 2.05) is 0 Å². The van der Waals surface area contributed by atoms with Crippen LogP contribution in [0, 0.1) is 5.41 Å². The Balaban J connectivity index is 1.80. The van der Waals surface area contributed by atoms with Gasteiger partial charge in [0.25, 0.3) is 0 Å². The highest BCUT2D eigenvalue weighted by Crippen LogP contribution is 2.43. The van der Waals surface area contributed by atoms with Crippen LogP contribution in [-0.4, -0.2) is 39.8 Å². The van der Waals surface area contributed by atoms with E-state index in [9.17, 15) is 49.5 Å². The number of carbonyl (C=O) groups excluding carboxylic acids is 1. The molecule has 0 saturated carbocycles. The molecule has 4 N–H and O–H groups in total. The number of hydrogen-bond donors (Lipinski definition) is 4. The van der Waals surface area contributed by atoms with Gasteiger partial charge in [0.2, 0.25) is 5.95 Å². The van der Waals surface area contributed by atoms with Gasteiger partial charge in [-0.2, -0.15) is 39.5 Å². The third-order valence-corrected chi connectivity index (χ3v) is 7.37. The first-order chi connectivity index (χ1) is 21.9. The highest BCUT2D eigenvalue weighted by atomic mass is 19.4. The molecule has 9 nitrogen and oxygen atoms in total. The standard InChI is InChI=1S/C29H27F9N6O3/c1-3-18-12-22(19-11-15(27(30,31)32)5-6-23(19)44(18)26(45)47-4-2)42-25-40-13-20(24(39)43-46)21(41-25)9-14-7-16(28(33,34)35)10-17(8-14)29(36,37)38/h5-8,10-11,13,18,22,46H,3-4,9,12H2,1-2H3,(H2,39,43)(H,40,41,42)/t18-,22+/m1/s1. The van der Waals surface area contributed by atoms with Gasteiger partial charge in [0.1, 0.15) is 0 Å². The molecule has 0 spiro atoms. The molecule has 2 heterocycles. The molecular formula is C29H27F9N6O3. The van der Waals surface area contributed by atoms with E-state index in [0.29, 0.717) is 18.6 Å². The van der Waals surface area contributed by atoms with Crippen LogP contribution in [0.3, 0.4) is 0 Å². The first-order valence-electron chi connectivity index (χ1n) is 13.9. The molecule has 18 heteroatoms. The fourth-order valence-corrected chi connectivity index (χ4v) is 5.22. The third-order valence-electron chi connectivity index (χ3n) is 7.37. The number of hydrogen-bond acceptors (Lipinski definition) is 7. The molecule has 0 fully saturated rings. The summed E-state index contributed by atoms with van der Waals surface area (Å²) in [7, 11) is 0. The number of amides is 1. The number of rotatable bonds is 7. The Morgan fingerprint density at radius 1 is 0.979 bits per heavy atom. The van der Waals surface area contributed by atoms with Crippen LogP contribution in [0.2, 0.25) is 0 Å². The summed E-state index contributed by atoms with van der Waals surface area (Å²) in [6, 6.07) is 2.14. The lowest BCUT2D eigenvalue weighted by Crippen LogP contribution is -2.46. The van der Waals surface area contributed by atoms with Crippen LogP contribution in [0.4, 0.5) is 55.9 Å². The summed E-state index contributed by atoms with van der Waals surface area (Å²) in [6.07, 6.45) is -15.2. The van der Waals surface area contributed by atoms with Crippen LogP contribution in [-0.2, 0) is 29.7 Å². The maximum Gasteiger partial charge on any atom is 0.416 e. The predicted octanol–water partition coefficient (Wildman–Crippen LogP) is 7.73. The number of nitrogens with zero attached hydrogens (tertiary/aromatic N) is 3. The third kappa shape index (κ3) is 7.86. The molecular weight excluding hydrogens is 651 g/mol. The van der Waals surface area contributed by atoms with Crippen molar-refractivity contribution in [2.75, 3.05) is 16.8 Å². The van der Waals surface area contributed by atoms with Crippen molar-refractivity contribution in [3.8, 4) is 0 Å². The van der Waals surface area contributed by atoms with E-state index < -0.39 is 71.2 Å². The second-order valence-electron chi connectivity index (χ2n) is 10.5.